The summed E-state index contributed by atoms with van der Waals surface area (Å²) in [5.41, 5.74) is 1.60. The lowest BCUT2D eigenvalue weighted by molar-refractivity contribution is 0.0752. The molecule has 0 saturated carbocycles. The molecule has 1 saturated heterocycles. The third-order valence-corrected chi connectivity index (χ3v) is 3.70. The number of carbonyl (C=O) groups excluding carboxylic acids is 1. The molecule has 0 spiro atoms. The summed E-state index contributed by atoms with van der Waals surface area (Å²) in [4.78, 5) is 14.3. The van der Waals surface area contributed by atoms with Crippen LogP contribution in [0.3, 0.4) is 0 Å². The van der Waals surface area contributed by atoms with Gasteiger partial charge in [-0.25, -0.2) is 0 Å². The summed E-state index contributed by atoms with van der Waals surface area (Å²) in [5, 5.41) is 7.73. The van der Waals surface area contributed by atoms with Crippen LogP contribution in [0.2, 0.25) is 0 Å². The molecule has 1 aromatic rings. The molecule has 1 unspecified atom stereocenters. The van der Waals surface area contributed by atoms with Gasteiger partial charge in [0, 0.05) is 20.1 Å². The second-order valence-electron chi connectivity index (χ2n) is 5.38. The highest BCUT2D eigenvalue weighted by molar-refractivity contribution is 5.92. The number of aromatic nitrogens is 2. The molecule has 0 bridgehead atoms. The van der Waals surface area contributed by atoms with E-state index in [0.717, 1.165) is 31.9 Å². The highest BCUT2D eigenvalue weighted by atomic mass is 16.2. The van der Waals surface area contributed by atoms with Crippen LogP contribution in [0.5, 0.6) is 0 Å². The Bertz CT molecular complexity index is 435. The number of piperidine rings is 1. The van der Waals surface area contributed by atoms with Crippen molar-refractivity contribution in [3.63, 3.8) is 0 Å². The van der Waals surface area contributed by atoms with E-state index in [0.29, 0.717) is 11.6 Å². The third kappa shape index (κ3) is 3.35. The fraction of sp³-hybridized carbons (Fsp3) is 0.714. The van der Waals surface area contributed by atoms with Gasteiger partial charge in [0.1, 0.15) is 5.69 Å². The molecule has 1 N–H and O–H groups in total. The molecule has 0 aromatic carbocycles. The number of hydrogen-bond donors (Lipinski definition) is 1. The van der Waals surface area contributed by atoms with Crippen molar-refractivity contribution in [2.45, 2.75) is 33.2 Å². The van der Waals surface area contributed by atoms with Crippen molar-refractivity contribution in [2.75, 3.05) is 26.7 Å². The highest BCUT2D eigenvalue weighted by Gasteiger charge is 2.21. The van der Waals surface area contributed by atoms with Crippen molar-refractivity contribution in [1.29, 1.82) is 0 Å². The molecule has 2 heterocycles. The summed E-state index contributed by atoms with van der Waals surface area (Å²) < 4.78 is 1.79. The summed E-state index contributed by atoms with van der Waals surface area (Å²) in [7, 11) is 1.89. The Balaban J connectivity index is 2.01. The van der Waals surface area contributed by atoms with Crippen LogP contribution in [0.4, 0.5) is 0 Å². The standard InChI is InChI=1S/C14H24N4O/c1-4-18-13(8-11(2)16-18)14(19)17(3)10-12-6-5-7-15-9-12/h8,12,15H,4-7,9-10H2,1-3H3. The Morgan fingerprint density at radius 3 is 3.05 bits per heavy atom. The Kier molecular flexibility index (Phi) is 4.58. The van der Waals surface area contributed by atoms with E-state index in [1.807, 2.05) is 31.9 Å². The van der Waals surface area contributed by atoms with Crippen molar-refractivity contribution in [2.24, 2.45) is 5.92 Å². The Morgan fingerprint density at radius 2 is 2.42 bits per heavy atom. The molecule has 1 fully saturated rings. The normalized spacial score (nSPS) is 19.4. The topological polar surface area (TPSA) is 50.2 Å². The third-order valence-electron chi connectivity index (χ3n) is 3.70. The minimum atomic E-state index is 0.0769. The van der Waals surface area contributed by atoms with Crippen molar-refractivity contribution in [3.8, 4) is 0 Å². The van der Waals surface area contributed by atoms with Gasteiger partial charge in [-0.05, 0) is 51.8 Å². The van der Waals surface area contributed by atoms with Gasteiger partial charge in [0.15, 0.2) is 0 Å². The lowest BCUT2D eigenvalue weighted by atomic mass is 9.99. The van der Waals surface area contributed by atoms with Crippen LogP contribution in [-0.2, 0) is 6.54 Å². The molecule has 19 heavy (non-hydrogen) atoms. The summed E-state index contributed by atoms with van der Waals surface area (Å²) in [6.45, 7) is 7.61. The van der Waals surface area contributed by atoms with Crippen LogP contribution in [0.1, 0.15) is 35.9 Å². The molecule has 1 aromatic heterocycles. The van der Waals surface area contributed by atoms with Gasteiger partial charge in [-0.15, -0.1) is 0 Å². The second-order valence-corrected chi connectivity index (χ2v) is 5.38. The zero-order chi connectivity index (χ0) is 13.8. The fourth-order valence-electron chi connectivity index (χ4n) is 2.70. The molecule has 5 heteroatoms. The molecule has 1 aliphatic rings. The van der Waals surface area contributed by atoms with Gasteiger partial charge in [-0.1, -0.05) is 0 Å². The van der Waals surface area contributed by atoms with Crippen molar-refractivity contribution < 1.29 is 4.79 Å². The van der Waals surface area contributed by atoms with E-state index in [-0.39, 0.29) is 5.91 Å². The Morgan fingerprint density at radius 1 is 1.63 bits per heavy atom. The van der Waals surface area contributed by atoms with Crippen LogP contribution < -0.4 is 5.32 Å². The number of amides is 1. The molecule has 0 aliphatic carbocycles. The Hall–Kier alpha value is -1.36. The van der Waals surface area contributed by atoms with Gasteiger partial charge < -0.3 is 10.2 Å². The molecule has 0 radical (unpaired) electrons. The van der Waals surface area contributed by atoms with Crippen LogP contribution >= 0.6 is 0 Å². The quantitative estimate of drug-likeness (QED) is 0.891. The first-order valence-corrected chi connectivity index (χ1v) is 7.12. The van der Waals surface area contributed by atoms with Crippen molar-refractivity contribution in [1.82, 2.24) is 20.0 Å². The van der Waals surface area contributed by atoms with Gasteiger partial charge in [-0.3, -0.25) is 9.48 Å². The molecule has 1 atom stereocenters. The van der Waals surface area contributed by atoms with Gasteiger partial charge in [0.25, 0.3) is 5.91 Å². The van der Waals surface area contributed by atoms with Gasteiger partial charge in [0.05, 0.1) is 5.69 Å². The average Bonchev–Trinajstić information content (AvgIpc) is 2.80. The zero-order valence-corrected chi connectivity index (χ0v) is 12.1. The predicted octanol–water partition coefficient (Wildman–Crippen LogP) is 1.28. The van der Waals surface area contributed by atoms with Gasteiger partial charge in [0.2, 0.25) is 0 Å². The number of aryl methyl sites for hydroxylation is 2. The number of hydrogen-bond acceptors (Lipinski definition) is 3. The first kappa shape index (κ1) is 14.1. The van der Waals surface area contributed by atoms with E-state index >= 15 is 0 Å². The SMILES string of the molecule is CCn1nc(C)cc1C(=O)N(C)CC1CCCNC1. The smallest absolute Gasteiger partial charge is 0.271 e. The van der Waals surface area contributed by atoms with Crippen molar-refractivity contribution in [3.05, 3.63) is 17.5 Å². The van der Waals surface area contributed by atoms with Gasteiger partial charge >= 0.3 is 0 Å². The largest absolute Gasteiger partial charge is 0.340 e. The highest BCUT2D eigenvalue weighted by Crippen LogP contribution is 2.13. The maximum absolute atomic E-state index is 12.5. The van der Waals surface area contributed by atoms with Crippen LogP contribution in [0.15, 0.2) is 6.07 Å². The monoisotopic (exact) mass is 264 g/mol. The van der Waals surface area contributed by atoms with Gasteiger partial charge in [-0.2, -0.15) is 5.10 Å². The summed E-state index contributed by atoms with van der Waals surface area (Å²) in [6, 6.07) is 1.88. The summed E-state index contributed by atoms with van der Waals surface area (Å²) >= 11 is 0. The maximum Gasteiger partial charge on any atom is 0.271 e. The Labute approximate surface area is 115 Å². The van der Waals surface area contributed by atoms with E-state index in [1.54, 1.807) is 4.68 Å². The minimum Gasteiger partial charge on any atom is -0.340 e. The lowest BCUT2D eigenvalue weighted by Gasteiger charge is -2.27. The molecule has 2 rings (SSSR count). The predicted molar refractivity (Wildman–Crippen MR) is 75.2 cm³/mol. The lowest BCUT2D eigenvalue weighted by Crippen LogP contribution is -2.39. The van der Waals surface area contributed by atoms with E-state index in [9.17, 15) is 4.79 Å². The van der Waals surface area contributed by atoms with Crippen LogP contribution in [0, 0.1) is 12.8 Å². The minimum absolute atomic E-state index is 0.0769. The van der Waals surface area contributed by atoms with E-state index < -0.39 is 0 Å². The molecule has 1 aliphatic heterocycles. The van der Waals surface area contributed by atoms with Crippen molar-refractivity contribution >= 4 is 5.91 Å². The summed E-state index contributed by atoms with van der Waals surface area (Å²) in [6.07, 6.45) is 2.41. The molecule has 5 nitrogen and oxygen atoms in total. The number of rotatable bonds is 4. The molecule has 106 valence electrons. The number of carbonyl (C=O) groups is 1. The first-order valence-electron chi connectivity index (χ1n) is 7.12. The van der Waals surface area contributed by atoms with Crippen LogP contribution in [0.25, 0.3) is 0 Å². The number of nitrogens with zero attached hydrogens (tertiary/aromatic N) is 3. The average molecular weight is 264 g/mol. The molecule has 1 amide bonds. The van der Waals surface area contributed by atoms with E-state index in [2.05, 4.69) is 10.4 Å². The van der Waals surface area contributed by atoms with E-state index in [1.165, 1.54) is 12.8 Å². The zero-order valence-electron chi connectivity index (χ0n) is 12.1. The maximum atomic E-state index is 12.5. The van der Waals surface area contributed by atoms with E-state index in [4.69, 9.17) is 0 Å². The first-order chi connectivity index (χ1) is 9.11. The fourth-order valence-corrected chi connectivity index (χ4v) is 2.70. The van der Waals surface area contributed by atoms with Crippen LogP contribution in [-0.4, -0.2) is 47.3 Å². The molecular formula is C14H24N4O. The second kappa shape index (κ2) is 6.19. The number of nitrogens with one attached hydrogen (secondary N) is 1. The molecular weight excluding hydrogens is 240 g/mol. The summed E-state index contributed by atoms with van der Waals surface area (Å²) in [5.74, 6) is 0.648.